The van der Waals surface area contributed by atoms with Crippen LogP contribution in [-0.4, -0.2) is 16.2 Å². The van der Waals surface area contributed by atoms with Gasteiger partial charge in [-0.25, -0.2) is 4.39 Å². The molecule has 1 aromatic carbocycles. The van der Waals surface area contributed by atoms with Gasteiger partial charge in [-0.15, -0.1) is 5.10 Å². The van der Waals surface area contributed by atoms with Crippen LogP contribution in [0.1, 0.15) is 19.5 Å². The van der Waals surface area contributed by atoms with Crippen LogP contribution in [0.25, 0.3) is 0 Å². The molecule has 0 amide bonds. The molecule has 6 heteroatoms. The van der Waals surface area contributed by atoms with Crippen molar-refractivity contribution in [3.05, 3.63) is 46.9 Å². The van der Waals surface area contributed by atoms with E-state index in [-0.39, 0.29) is 16.7 Å². The molecule has 2 rings (SSSR count). The van der Waals surface area contributed by atoms with Crippen LogP contribution in [-0.2, 0) is 6.54 Å². The molecule has 4 nitrogen and oxygen atoms in total. The van der Waals surface area contributed by atoms with Gasteiger partial charge >= 0.3 is 0 Å². The summed E-state index contributed by atoms with van der Waals surface area (Å²) in [7, 11) is 0. The van der Waals surface area contributed by atoms with Crippen LogP contribution in [0, 0.1) is 5.82 Å². The van der Waals surface area contributed by atoms with Crippen molar-refractivity contribution in [3.63, 3.8) is 0 Å². The second-order valence-electron chi connectivity index (χ2n) is 4.55. The molecule has 2 aromatic rings. The molecule has 0 saturated heterocycles. The summed E-state index contributed by atoms with van der Waals surface area (Å²) in [6.45, 7) is 4.72. The molecule has 1 N–H and O–H groups in total. The molecule has 0 atom stereocenters. The topological polar surface area (TPSA) is 47.0 Å². The number of hydrogen-bond acceptors (Lipinski definition) is 4. The molecule has 0 bridgehead atoms. The van der Waals surface area contributed by atoms with Crippen molar-refractivity contribution in [2.45, 2.75) is 26.4 Å². The van der Waals surface area contributed by atoms with Gasteiger partial charge in [0.15, 0.2) is 11.6 Å². The van der Waals surface area contributed by atoms with Crippen molar-refractivity contribution < 1.29 is 9.13 Å². The Labute approximate surface area is 121 Å². The Kier molecular flexibility index (Phi) is 4.87. The van der Waals surface area contributed by atoms with E-state index in [4.69, 9.17) is 16.3 Å². The minimum absolute atomic E-state index is 0.00760. The number of nitrogens with one attached hydrogen (secondary N) is 1. The number of ether oxygens (including phenoxy) is 1. The fourth-order valence-corrected chi connectivity index (χ4v) is 1.65. The average molecular weight is 296 g/mol. The third kappa shape index (κ3) is 3.88. The van der Waals surface area contributed by atoms with Gasteiger partial charge in [0, 0.05) is 18.7 Å². The largest absolute Gasteiger partial charge is 0.434 e. The van der Waals surface area contributed by atoms with Gasteiger partial charge in [-0.1, -0.05) is 31.5 Å². The summed E-state index contributed by atoms with van der Waals surface area (Å²) >= 11 is 5.68. The summed E-state index contributed by atoms with van der Waals surface area (Å²) in [5.41, 5.74) is 0.789. The number of benzene rings is 1. The molecule has 0 aliphatic rings. The van der Waals surface area contributed by atoms with E-state index in [0.717, 1.165) is 5.69 Å². The summed E-state index contributed by atoms with van der Waals surface area (Å²) in [5.74, 6) is -0.360. The Hall–Kier alpha value is -1.72. The molecule has 20 heavy (non-hydrogen) atoms. The predicted octanol–water partition coefficient (Wildman–Crippen LogP) is 3.56. The molecular formula is C14H15ClFN3O. The van der Waals surface area contributed by atoms with Gasteiger partial charge in [0.25, 0.3) is 0 Å². The van der Waals surface area contributed by atoms with Crippen LogP contribution in [0.3, 0.4) is 0 Å². The zero-order valence-corrected chi connectivity index (χ0v) is 12.0. The van der Waals surface area contributed by atoms with Crippen molar-refractivity contribution >= 4 is 11.6 Å². The summed E-state index contributed by atoms with van der Waals surface area (Å²) in [4.78, 5) is 0. The lowest BCUT2D eigenvalue weighted by atomic mass is 10.3. The first kappa shape index (κ1) is 14.7. The maximum Gasteiger partial charge on any atom is 0.239 e. The highest BCUT2D eigenvalue weighted by atomic mass is 35.5. The third-order valence-corrected chi connectivity index (χ3v) is 2.81. The lowest BCUT2D eigenvalue weighted by molar-refractivity contribution is 0.420. The molecule has 0 aliphatic heterocycles. The highest BCUT2D eigenvalue weighted by Crippen LogP contribution is 2.27. The van der Waals surface area contributed by atoms with E-state index in [1.807, 2.05) is 13.8 Å². The monoisotopic (exact) mass is 295 g/mol. The van der Waals surface area contributed by atoms with E-state index in [1.54, 1.807) is 18.2 Å². The van der Waals surface area contributed by atoms with Gasteiger partial charge in [0.05, 0.1) is 10.7 Å². The number of nitrogens with zero attached hydrogens (tertiary/aromatic N) is 2. The molecular weight excluding hydrogens is 281 g/mol. The number of rotatable bonds is 5. The van der Waals surface area contributed by atoms with Crippen LogP contribution < -0.4 is 10.1 Å². The number of aromatic nitrogens is 2. The number of hydrogen-bond donors (Lipinski definition) is 1. The third-order valence-electron chi connectivity index (χ3n) is 2.52. The SMILES string of the molecule is CC(C)NCc1ccc(Oc2cccc(Cl)c2F)nn1. The molecule has 0 fully saturated rings. The standard InChI is InChI=1S/C14H15ClFN3O/c1-9(2)17-8-10-6-7-13(19-18-10)20-12-5-3-4-11(15)14(12)16/h3-7,9,17H,8H2,1-2H3. The van der Waals surface area contributed by atoms with E-state index >= 15 is 0 Å². The Morgan fingerprint density at radius 1 is 1.25 bits per heavy atom. The second-order valence-corrected chi connectivity index (χ2v) is 4.96. The maximum atomic E-state index is 13.7. The fraction of sp³-hybridized carbons (Fsp3) is 0.286. The maximum absolute atomic E-state index is 13.7. The Bertz CT molecular complexity index is 575. The van der Waals surface area contributed by atoms with Crippen LogP contribution >= 0.6 is 11.6 Å². The summed E-state index contributed by atoms with van der Waals surface area (Å²) < 4.78 is 19.0. The first-order valence-corrected chi connectivity index (χ1v) is 6.62. The van der Waals surface area contributed by atoms with E-state index in [1.165, 1.54) is 12.1 Å². The van der Waals surface area contributed by atoms with Gasteiger partial charge in [0.2, 0.25) is 5.88 Å². The molecule has 1 heterocycles. The summed E-state index contributed by atoms with van der Waals surface area (Å²) in [6, 6.07) is 8.33. The Morgan fingerprint density at radius 2 is 2.05 bits per heavy atom. The minimum Gasteiger partial charge on any atom is -0.434 e. The van der Waals surface area contributed by atoms with E-state index < -0.39 is 5.82 Å². The molecule has 0 saturated carbocycles. The first-order chi connectivity index (χ1) is 9.56. The van der Waals surface area contributed by atoms with Crippen LogP contribution in [0.2, 0.25) is 5.02 Å². The Balaban J connectivity index is 2.05. The van der Waals surface area contributed by atoms with Crippen molar-refractivity contribution in [1.82, 2.24) is 15.5 Å². The lowest BCUT2D eigenvalue weighted by Crippen LogP contribution is -2.22. The molecule has 0 aliphatic carbocycles. The van der Waals surface area contributed by atoms with Gasteiger partial charge < -0.3 is 10.1 Å². The second kappa shape index (κ2) is 6.63. The van der Waals surface area contributed by atoms with Gasteiger partial charge in [0.1, 0.15) is 0 Å². The Morgan fingerprint density at radius 3 is 2.70 bits per heavy atom. The van der Waals surface area contributed by atoms with E-state index in [9.17, 15) is 4.39 Å². The minimum atomic E-state index is -0.610. The molecule has 0 radical (unpaired) electrons. The van der Waals surface area contributed by atoms with Crippen molar-refractivity contribution in [2.75, 3.05) is 0 Å². The lowest BCUT2D eigenvalue weighted by Gasteiger charge is -2.08. The number of halogens is 2. The van der Waals surface area contributed by atoms with E-state index in [2.05, 4.69) is 15.5 Å². The summed E-state index contributed by atoms with van der Waals surface area (Å²) in [5, 5.41) is 11.1. The molecule has 0 spiro atoms. The first-order valence-electron chi connectivity index (χ1n) is 6.24. The van der Waals surface area contributed by atoms with Crippen molar-refractivity contribution in [1.29, 1.82) is 0 Å². The normalized spacial score (nSPS) is 10.8. The molecule has 0 unspecified atom stereocenters. The molecule has 106 valence electrons. The zero-order chi connectivity index (χ0) is 14.5. The van der Waals surface area contributed by atoms with Gasteiger partial charge in [-0.3, -0.25) is 0 Å². The van der Waals surface area contributed by atoms with E-state index in [0.29, 0.717) is 12.6 Å². The smallest absolute Gasteiger partial charge is 0.239 e. The highest BCUT2D eigenvalue weighted by Gasteiger charge is 2.09. The summed E-state index contributed by atoms with van der Waals surface area (Å²) in [6.07, 6.45) is 0. The average Bonchev–Trinajstić information content (AvgIpc) is 2.43. The van der Waals surface area contributed by atoms with Crippen molar-refractivity contribution in [3.8, 4) is 11.6 Å². The van der Waals surface area contributed by atoms with Crippen LogP contribution in [0.15, 0.2) is 30.3 Å². The van der Waals surface area contributed by atoms with Crippen molar-refractivity contribution in [2.24, 2.45) is 0 Å². The quantitative estimate of drug-likeness (QED) is 0.916. The van der Waals surface area contributed by atoms with Crippen LogP contribution in [0.5, 0.6) is 11.6 Å². The zero-order valence-electron chi connectivity index (χ0n) is 11.2. The highest BCUT2D eigenvalue weighted by molar-refractivity contribution is 6.30. The van der Waals surface area contributed by atoms with Gasteiger partial charge in [-0.2, -0.15) is 5.10 Å². The predicted molar refractivity (Wildman–Crippen MR) is 75.5 cm³/mol. The fourth-order valence-electron chi connectivity index (χ4n) is 1.48. The van der Waals surface area contributed by atoms with Gasteiger partial charge in [-0.05, 0) is 18.2 Å². The molecule has 1 aromatic heterocycles. The van der Waals surface area contributed by atoms with Crippen LogP contribution in [0.4, 0.5) is 4.39 Å².